The molecular formula is C10H8F5NO3. The van der Waals surface area contributed by atoms with Crippen LogP contribution in [0.4, 0.5) is 22.0 Å². The smallest absolute Gasteiger partial charge is 0.419 e. The second-order valence-electron chi connectivity index (χ2n) is 3.25. The maximum atomic E-state index is 12.8. The minimum absolute atomic E-state index is 0.594. The van der Waals surface area contributed by atoms with Crippen LogP contribution in [0.15, 0.2) is 6.20 Å². The van der Waals surface area contributed by atoms with Gasteiger partial charge in [-0.05, 0) is 0 Å². The molecule has 1 heterocycles. The molecule has 0 bridgehead atoms. The molecule has 1 aromatic rings. The third kappa shape index (κ3) is 2.91. The highest BCUT2D eigenvalue weighted by molar-refractivity contribution is 5.94. The highest BCUT2D eigenvalue weighted by atomic mass is 19.4. The Labute approximate surface area is 104 Å². The number of carbonyl (C=O) groups excluding carboxylic acids is 1. The van der Waals surface area contributed by atoms with Gasteiger partial charge < -0.3 is 9.47 Å². The fourth-order valence-corrected chi connectivity index (χ4v) is 1.42. The average Bonchev–Trinajstić information content (AvgIpc) is 2.34. The Morgan fingerprint density at radius 3 is 2.26 bits per heavy atom. The van der Waals surface area contributed by atoms with Crippen molar-refractivity contribution in [3.8, 4) is 5.75 Å². The molecule has 0 saturated heterocycles. The number of ether oxygens (including phenoxy) is 2. The van der Waals surface area contributed by atoms with Crippen molar-refractivity contribution < 1.29 is 36.2 Å². The predicted octanol–water partition coefficient (Wildman–Crippen LogP) is 2.83. The molecule has 0 aromatic carbocycles. The molecule has 0 atom stereocenters. The maximum absolute atomic E-state index is 12.8. The fraction of sp³-hybridized carbons (Fsp3) is 0.400. The van der Waals surface area contributed by atoms with Crippen LogP contribution in [0.5, 0.6) is 5.75 Å². The summed E-state index contributed by atoms with van der Waals surface area (Å²) in [4.78, 5) is 14.4. The molecule has 1 aromatic heterocycles. The van der Waals surface area contributed by atoms with Gasteiger partial charge in [-0.1, -0.05) is 0 Å². The number of methoxy groups -OCH3 is 2. The van der Waals surface area contributed by atoms with E-state index in [1.54, 1.807) is 0 Å². The van der Waals surface area contributed by atoms with Gasteiger partial charge >= 0.3 is 12.1 Å². The van der Waals surface area contributed by atoms with E-state index in [0.29, 0.717) is 6.20 Å². The third-order valence-corrected chi connectivity index (χ3v) is 2.17. The van der Waals surface area contributed by atoms with E-state index < -0.39 is 41.1 Å². The van der Waals surface area contributed by atoms with Gasteiger partial charge in [0.25, 0.3) is 6.43 Å². The van der Waals surface area contributed by atoms with Crippen LogP contribution in [-0.2, 0) is 10.9 Å². The SMILES string of the molecule is COC(=O)c1c(OC)cnc(C(F)F)c1C(F)(F)F. The van der Waals surface area contributed by atoms with Gasteiger partial charge in [-0.3, -0.25) is 4.98 Å². The molecule has 0 aliphatic rings. The summed E-state index contributed by atoms with van der Waals surface area (Å²) in [5, 5.41) is 0. The Hall–Kier alpha value is -1.93. The number of hydrogen-bond acceptors (Lipinski definition) is 4. The lowest BCUT2D eigenvalue weighted by molar-refractivity contribution is -0.140. The number of pyridine rings is 1. The van der Waals surface area contributed by atoms with E-state index in [1.807, 2.05) is 0 Å². The number of alkyl halides is 5. The van der Waals surface area contributed by atoms with E-state index in [1.165, 1.54) is 0 Å². The Morgan fingerprint density at radius 1 is 1.32 bits per heavy atom. The Morgan fingerprint density at radius 2 is 1.89 bits per heavy atom. The summed E-state index contributed by atoms with van der Waals surface area (Å²) in [5.41, 5.74) is -4.52. The molecule has 0 radical (unpaired) electrons. The van der Waals surface area contributed by atoms with Crippen LogP contribution in [0.2, 0.25) is 0 Å². The molecule has 0 fully saturated rings. The van der Waals surface area contributed by atoms with Crippen molar-refractivity contribution in [2.45, 2.75) is 12.6 Å². The molecule has 9 heteroatoms. The molecule has 0 amide bonds. The van der Waals surface area contributed by atoms with Crippen molar-refractivity contribution in [3.63, 3.8) is 0 Å². The Balaban J connectivity index is 3.71. The standard InChI is InChI=1S/C10H8F5NO3/c1-18-4-3-16-7(8(11)12)6(10(13,14)15)5(4)9(17)19-2/h3,8H,1-2H3. The summed E-state index contributed by atoms with van der Waals surface area (Å²) in [5.74, 6) is -2.03. The van der Waals surface area contributed by atoms with Crippen LogP contribution in [0.25, 0.3) is 0 Å². The van der Waals surface area contributed by atoms with Crippen molar-refractivity contribution in [1.82, 2.24) is 4.98 Å². The number of rotatable bonds is 3. The first-order chi connectivity index (χ1) is 8.73. The van der Waals surface area contributed by atoms with Gasteiger partial charge in [-0.2, -0.15) is 13.2 Å². The normalized spacial score (nSPS) is 11.6. The zero-order chi connectivity index (χ0) is 14.8. The van der Waals surface area contributed by atoms with Gasteiger partial charge in [-0.15, -0.1) is 0 Å². The number of esters is 1. The highest BCUT2D eigenvalue weighted by Crippen LogP contribution is 2.40. The van der Waals surface area contributed by atoms with Gasteiger partial charge in [0.2, 0.25) is 0 Å². The number of aromatic nitrogens is 1. The Bertz CT molecular complexity index is 487. The molecule has 19 heavy (non-hydrogen) atoms. The minimum atomic E-state index is -5.20. The van der Waals surface area contributed by atoms with Gasteiger partial charge in [0.15, 0.2) is 5.75 Å². The summed E-state index contributed by atoms with van der Waals surface area (Å²) in [6, 6.07) is 0. The van der Waals surface area contributed by atoms with Gasteiger partial charge in [-0.25, -0.2) is 13.6 Å². The monoisotopic (exact) mass is 285 g/mol. The van der Waals surface area contributed by atoms with Crippen molar-refractivity contribution in [1.29, 1.82) is 0 Å². The van der Waals surface area contributed by atoms with Crippen LogP contribution >= 0.6 is 0 Å². The summed E-state index contributed by atoms with van der Waals surface area (Å²) in [7, 11) is 1.80. The van der Waals surface area contributed by atoms with E-state index in [2.05, 4.69) is 14.5 Å². The molecule has 0 saturated carbocycles. The number of hydrogen-bond donors (Lipinski definition) is 0. The quantitative estimate of drug-likeness (QED) is 0.633. The van der Waals surface area contributed by atoms with E-state index >= 15 is 0 Å². The summed E-state index contributed by atoms with van der Waals surface area (Å²) >= 11 is 0. The van der Waals surface area contributed by atoms with Crippen LogP contribution in [0.1, 0.15) is 28.0 Å². The largest absolute Gasteiger partial charge is 0.494 e. The molecule has 0 spiro atoms. The topological polar surface area (TPSA) is 48.4 Å². The number of carbonyl (C=O) groups is 1. The predicted molar refractivity (Wildman–Crippen MR) is 52.1 cm³/mol. The fourth-order valence-electron chi connectivity index (χ4n) is 1.42. The van der Waals surface area contributed by atoms with Crippen LogP contribution in [0.3, 0.4) is 0 Å². The molecule has 4 nitrogen and oxygen atoms in total. The lowest BCUT2D eigenvalue weighted by Gasteiger charge is -2.17. The third-order valence-electron chi connectivity index (χ3n) is 2.17. The van der Waals surface area contributed by atoms with Gasteiger partial charge in [0, 0.05) is 0 Å². The lowest BCUT2D eigenvalue weighted by Crippen LogP contribution is -2.19. The minimum Gasteiger partial charge on any atom is -0.494 e. The van der Waals surface area contributed by atoms with Crippen LogP contribution in [-0.4, -0.2) is 25.2 Å². The number of halogens is 5. The molecule has 1 rings (SSSR count). The van der Waals surface area contributed by atoms with Crippen molar-refractivity contribution in [3.05, 3.63) is 23.0 Å². The molecule has 0 N–H and O–H groups in total. The van der Waals surface area contributed by atoms with Gasteiger partial charge in [0.1, 0.15) is 16.8 Å². The van der Waals surface area contributed by atoms with Gasteiger partial charge in [0.05, 0.1) is 20.4 Å². The number of nitrogens with zero attached hydrogens (tertiary/aromatic N) is 1. The molecular weight excluding hydrogens is 277 g/mol. The Kier molecular flexibility index (Phi) is 4.28. The summed E-state index contributed by atoms with van der Waals surface area (Å²) < 4.78 is 72.4. The van der Waals surface area contributed by atoms with Crippen molar-refractivity contribution >= 4 is 5.97 Å². The zero-order valence-corrected chi connectivity index (χ0v) is 9.72. The van der Waals surface area contributed by atoms with E-state index in [-0.39, 0.29) is 0 Å². The maximum Gasteiger partial charge on any atom is 0.419 e. The van der Waals surface area contributed by atoms with E-state index in [0.717, 1.165) is 14.2 Å². The van der Waals surface area contributed by atoms with Crippen molar-refractivity contribution in [2.75, 3.05) is 14.2 Å². The van der Waals surface area contributed by atoms with E-state index in [4.69, 9.17) is 0 Å². The first-order valence-electron chi connectivity index (χ1n) is 4.74. The summed E-state index contributed by atoms with van der Waals surface area (Å²) in [6.45, 7) is 0. The van der Waals surface area contributed by atoms with Crippen LogP contribution < -0.4 is 4.74 Å². The second-order valence-corrected chi connectivity index (χ2v) is 3.25. The molecule has 0 aliphatic heterocycles. The first-order valence-corrected chi connectivity index (χ1v) is 4.74. The molecule has 0 aliphatic carbocycles. The molecule has 0 unspecified atom stereocenters. The summed E-state index contributed by atoms with van der Waals surface area (Å²) in [6.07, 6.45) is -8.08. The van der Waals surface area contributed by atoms with Crippen LogP contribution in [0, 0.1) is 0 Å². The average molecular weight is 285 g/mol. The second kappa shape index (κ2) is 5.37. The highest BCUT2D eigenvalue weighted by Gasteiger charge is 2.43. The first kappa shape index (κ1) is 15.1. The zero-order valence-electron chi connectivity index (χ0n) is 9.72. The molecule has 106 valence electrons. The lowest BCUT2D eigenvalue weighted by atomic mass is 10.0. The van der Waals surface area contributed by atoms with Crippen molar-refractivity contribution in [2.24, 2.45) is 0 Å². The van der Waals surface area contributed by atoms with E-state index in [9.17, 15) is 26.7 Å².